The number of benzene rings is 4. The SMILES string of the molecule is CC(C)(O)C(C)(C)OBc1ccc(-c2ccc(-c3nc(-c4ccccc4)nc(-c4ccccc4)n3)cc2)cc1. The molecule has 5 nitrogen and oxygen atoms in total. The average molecular weight is 513 g/mol. The van der Waals surface area contributed by atoms with Crippen LogP contribution in [0.5, 0.6) is 0 Å². The van der Waals surface area contributed by atoms with Crippen LogP contribution in [-0.2, 0) is 4.65 Å². The van der Waals surface area contributed by atoms with Gasteiger partial charge in [0.05, 0.1) is 11.2 Å². The van der Waals surface area contributed by atoms with Crippen LogP contribution >= 0.6 is 0 Å². The molecule has 194 valence electrons. The number of nitrogens with zero attached hydrogens (tertiary/aromatic N) is 3. The summed E-state index contributed by atoms with van der Waals surface area (Å²) in [5, 5.41) is 10.3. The van der Waals surface area contributed by atoms with E-state index in [9.17, 15) is 5.11 Å². The normalized spacial score (nSPS) is 11.8. The van der Waals surface area contributed by atoms with Crippen molar-refractivity contribution in [3.63, 3.8) is 0 Å². The fraction of sp³-hybridized carbons (Fsp3) is 0.182. The highest BCUT2D eigenvalue weighted by atomic mass is 16.5. The Hall–Kier alpha value is -4.13. The Morgan fingerprint density at radius 1 is 0.513 bits per heavy atom. The molecule has 6 heteroatoms. The Kier molecular flexibility index (Phi) is 7.42. The minimum atomic E-state index is -0.934. The molecule has 1 N–H and O–H groups in total. The summed E-state index contributed by atoms with van der Waals surface area (Å²) in [7, 11) is 0.434. The highest BCUT2D eigenvalue weighted by molar-refractivity contribution is 6.47. The maximum absolute atomic E-state index is 10.3. The molecule has 0 bridgehead atoms. The summed E-state index contributed by atoms with van der Waals surface area (Å²) in [5.74, 6) is 1.93. The van der Waals surface area contributed by atoms with Crippen molar-refractivity contribution in [2.45, 2.75) is 38.9 Å². The molecule has 0 spiro atoms. The largest absolute Gasteiger partial charge is 0.427 e. The smallest absolute Gasteiger partial charge is 0.309 e. The summed E-state index contributed by atoms with van der Waals surface area (Å²) in [4.78, 5) is 14.4. The molecule has 4 aromatic carbocycles. The quantitative estimate of drug-likeness (QED) is 0.255. The van der Waals surface area contributed by atoms with Crippen LogP contribution in [0, 0.1) is 0 Å². The first-order valence-electron chi connectivity index (χ1n) is 13.1. The summed E-state index contributed by atoms with van der Waals surface area (Å²) in [6.45, 7) is 7.34. The Bertz CT molecular complexity index is 1470. The predicted molar refractivity (Wildman–Crippen MR) is 160 cm³/mol. The standard InChI is InChI=1S/C33H32BN3O2/c1-32(2,38)33(3,4)39-34-28-21-19-24(20-22-28)23-15-17-27(18-16-23)31-36-29(25-11-7-5-8-12-25)35-30(37-31)26-13-9-6-10-14-26/h5-22,34,38H,1-4H3. The molecule has 0 radical (unpaired) electrons. The van der Waals surface area contributed by atoms with Gasteiger partial charge in [0.15, 0.2) is 17.5 Å². The molecule has 0 atom stereocenters. The van der Waals surface area contributed by atoms with Crippen molar-refractivity contribution in [3.05, 3.63) is 109 Å². The van der Waals surface area contributed by atoms with Crippen molar-refractivity contribution in [1.29, 1.82) is 0 Å². The maximum Gasteiger partial charge on any atom is 0.309 e. The number of hydrogen-bond donors (Lipinski definition) is 1. The van der Waals surface area contributed by atoms with Gasteiger partial charge in [-0.05, 0) is 38.8 Å². The molecule has 0 amide bonds. The summed E-state index contributed by atoms with van der Waals surface area (Å²) in [6, 6.07) is 36.6. The molecule has 0 aliphatic carbocycles. The topological polar surface area (TPSA) is 68.1 Å². The second kappa shape index (κ2) is 10.9. The van der Waals surface area contributed by atoms with Crippen LogP contribution in [0.4, 0.5) is 0 Å². The van der Waals surface area contributed by atoms with Crippen molar-refractivity contribution in [1.82, 2.24) is 15.0 Å². The van der Waals surface area contributed by atoms with Crippen LogP contribution in [0.25, 0.3) is 45.3 Å². The third-order valence-corrected chi connectivity index (χ3v) is 7.20. The van der Waals surface area contributed by atoms with Gasteiger partial charge >= 0.3 is 7.48 Å². The van der Waals surface area contributed by atoms with Crippen molar-refractivity contribution in [3.8, 4) is 45.3 Å². The van der Waals surface area contributed by atoms with Gasteiger partial charge in [-0.2, -0.15) is 0 Å². The number of hydrogen-bond acceptors (Lipinski definition) is 5. The third kappa shape index (κ3) is 6.14. The summed E-state index contributed by atoms with van der Waals surface area (Å²) >= 11 is 0. The maximum atomic E-state index is 10.3. The minimum absolute atomic E-state index is 0.434. The van der Waals surface area contributed by atoms with Crippen LogP contribution < -0.4 is 5.46 Å². The fourth-order valence-corrected chi connectivity index (χ4v) is 3.98. The zero-order valence-corrected chi connectivity index (χ0v) is 22.8. The lowest BCUT2D eigenvalue weighted by molar-refractivity contribution is -0.0893. The molecule has 0 aliphatic rings. The highest BCUT2D eigenvalue weighted by Gasteiger charge is 2.35. The van der Waals surface area contributed by atoms with E-state index in [2.05, 4.69) is 48.5 Å². The van der Waals surface area contributed by atoms with Gasteiger partial charge in [-0.25, -0.2) is 15.0 Å². The second-order valence-electron chi connectivity index (χ2n) is 10.7. The molecular weight excluding hydrogens is 481 g/mol. The predicted octanol–water partition coefficient (Wildman–Crippen LogP) is 6.08. The van der Waals surface area contributed by atoms with Gasteiger partial charge in [0.1, 0.15) is 0 Å². The van der Waals surface area contributed by atoms with Gasteiger partial charge in [-0.3, -0.25) is 0 Å². The first kappa shape index (κ1) is 26.5. The van der Waals surface area contributed by atoms with Crippen molar-refractivity contribution >= 4 is 12.9 Å². The molecule has 0 aliphatic heterocycles. The van der Waals surface area contributed by atoms with E-state index in [4.69, 9.17) is 19.6 Å². The summed E-state index contributed by atoms with van der Waals surface area (Å²) in [6.07, 6.45) is 0. The Morgan fingerprint density at radius 3 is 1.28 bits per heavy atom. The van der Waals surface area contributed by atoms with E-state index < -0.39 is 11.2 Å². The summed E-state index contributed by atoms with van der Waals surface area (Å²) < 4.78 is 6.00. The number of aromatic nitrogens is 3. The van der Waals surface area contributed by atoms with E-state index in [1.54, 1.807) is 13.8 Å². The van der Waals surface area contributed by atoms with E-state index in [1.807, 2.05) is 74.5 Å². The monoisotopic (exact) mass is 513 g/mol. The molecule has 39 heavy (non-hydrogen) atoms. The Labute approximate surface area is 230 Å². The van der Waals surface area contributed by atoms with Crippen LogP contribution in [0.15, 0.2) is 109 Å². The molecule has 5 aromatic rings. The molecule has 0 unspecified atom stereocenters. The molecule has 0 saturated carbocycles. The van der Waals surface area contributed by atoms with Gasteiger partial charge in [-0.1, -0.05) is 115 Å². The molecule has 0 fully saturated rings. The van der Waals surface area contributed by atoms with E-state index >= 15 is 0 Å². The lowest BCUT2D eigenvalue weighted by atomic mass is 9.82. The number of rotatable bonds is 8. The van der Waals surface area contributed by atoms with Crippen LogP contribution in [-0.4, -0.2) is 38.7 Å². The molecule has 5 rings (SSSR count). The van der Waals surface area contributed by atoms with Gasteiger partial charge in [0.25, 0.3) is 0 Å². The first-order valence-corrected chi connectivity index (χ1v) is 13.1. The Balaban J connectivity index is 1.39. The van der Waals surface area contributed by atoms with E-state index in [1.165, 1.54) is 0 Å². The fourth-order valence-electron chi connectivity index (χ4n) is 3.98. The van der Waals surface area contributed by atoms with E-state index in [0.29, 0.717) is 25.0 Å². The first-order chi connectivity index (χ1) is 18.7. The average Bonchev–Trinajstić information content (AvgIpc) is 2.97. The van der Waals surface area contributed by atoms with Gasteiger partial charge in [0.2, 0.25) is 0 Å². The zero-order chi connectivity index (χ0) is 27.5. The van der Waals surface area contributed by atoms with Crippen LogP contribution in [0.3, 0.4) is 0 Å². The van der Waals surface area contributed by atoms with Crippen LogP contribution in [0.2, 0.25) is 0 Å². The number of aliphatic hydroxyl groups is 1. The van der Waals surface area contributed by atoms with Crippen molar-refractivity contribution < 1.29 is 9.76 Å². The van der Waals surface area contributed by atoms with E-state index in [0.717, 1.165) is 33.3 Å². The zero-order valence-electron chi connectivity index (χ0n) is 22.8. The molecule has 1 aromatic heterocycles. The molecule has 1 heterocycles. The van der Waals surface area contributed by atoms with E-state index in [-0.39, 0.29) is 0 Å². The lowest BCUT2D eigenvalue weighted by Crippen LogP contribution is -2.49. The molecule has 0 saturated heterocycles. The Morgan fingerprint density at radius 2 is 0.872 bits per heavy atom. The van der Waals surface area contributed by atoms with Crippen molar-refractivity contribution in [2.24, 2.45) is 0 Å². The van der Waals surface area contributed by atoms with Crippen LogP contribution in [0.1, 0.15) is 27.7 Å². The third-order valence-electron chi connectivity index (χ3n) is 7.20. The van der Waals surface area contributed by atoms with Gasteiger partial charge < -0.3 is 9.76 Å². The minimum Gasteiger partial charge on any atom is -0.427 e. The highest BCUT2D eigenvalue weighted by Crippen LogP contribution is 2.27. The second-order valence-corrected chi connectivity index (χ2v) is 10.7. The lowest BCUT2D eigenvalue weighted by Gasteiger charge is -2.37. The van der Waals surface area contributed by atoms with Crippen molar-refractivity contribution in [2.75, 3.05) is 0 Å². The van der Waals surface area contributed by atoms with Gasteiger partial charge in [0, 0.05) is 16.7 Å². The summed E-state index contributed by atoms with van der Waals surface area (Å²) in [5.41, 5.74) is 4.50. The van der Waals surface area contributed by atoms with Gasteiger partial charge in [-0.15, -0.1) is 0 Å². The molecular formula is C33H32BN3O2.